The van der Waals surface area contributed by atoms with Gasteiger partial charge in [-0.3, -0.25) is 59.6 Å². The van der Waals surface area contributed by atoms with Crippen LogP contribution in [-0.4, -0.2) is 151 Å². The summed E-state index contributed by atoms with van der Waals surface area (Å²) in [5, 5.41) is 49.6. The van der Waals surface area contributed by atoms with Gasteiger partial charge >= 0.3 is 0 Å². The molecule has 12 aromatic rings. The molecule has 3 heterocycles. The minimum absolute atomic E-state index is 0.292. The molecule has 28 heteroatoms. The second-order valence-electron chi connectivity index (χ2n) is 29.5. The Morgan fingerprint density at radius 3 is 0.802 bits per heavy atom. The van der Waals surface area contributed by atoms with Gasteiger partial charge in [0.2, 0.25) is 0 Å². The lowest BCUT2D eigenvalue weighted by Crippen LogP contribution is -2.35. The number of aliphatic imine (C=N–C) groups is 1. The summed E-state index contributed by atoms with van der Waals surface area (Å²) in [7, 11) is 5.57. The average Bonchev–Trinajstić information content (AvgIpc) is 0.853. The van der Waals surface area contributed by atoms with E-state index in [-0.39, 0.29) is 47.3 Å². The molecule has 638 valence electrons. The van der Waals surface area contributed by atoms with Crippen molar-refractivity contribution in [3.8, 4) is 0 Å². The third-order valence-electron chi connectivity index (χ3n) is 20.4. The maximum atomic E-state index is 12.8. The number of amidine groups is 4. The fourth-order valence-corrected chi connectivity index (χ4v) is 14.0. The number of hydrogen-bond acceptors (Lipinski definition) is 13. The number of hydrogen-bond donors (Lipinski definition) is 11. The maximum Gasteiger partial charge on any atom is 0.257 e. The van der Waals surface area contributed by atoms with Crippen molar-refractivity contribution in [1.29, 1.82) is 16.2 Å². The number of benzene rings is 12. The van der Waals surface area contributed by atoms with Gasteiger partial charge in [-0.1, -0.05) is 143 Å². The molecule has 8 amide bonds. The van der Waals surface area contributed by atoms with Crippen LogP contribution in [0.4, 0.5) is 45.5 Å². The highest BCUT2D eigenvalue weighted by Gasteiger charge is 2.24. The number of para-hydroxylation sites is 4. The number of nitrogens with zero attached hydrogens (tertiary/aromatic N) is 5. The van der Waals surface area contributed by atoms with E-state index >= 15 is 0 Å². The van der Waals surface area contributed by atoms with Crippen LogP contribution in [0.5, 0.6) is 0 Å². The molecule has 0 aliphatic carbocycles. The average molecular weight is 1760 g/mol. The maximum absolute atomic E-state index is 12.8. The highest BCUT2D eigenvalue weighted by atomic mass is 35.5. The van der Waals surface area contributed by atoms with Crippen molar-refractivity contribution in [3.05, 3.63) is 378 Å². The van der Waals surface area contributed by atoms with Crippen LogP contribution in [-0.2, 0) is 0 Å². The number of anilines is 8. The molecule has 0 bridgehead atoms. The van der Waals surface area contributed by atoms with Gasteiger partial charge in [-0.15, -0.1) is 0 Å². The zero-order valence-corrected chi connectivity index (χ0v) is 72.0. The molecule has 0 saturated carbocycles. The first-order valence-corrected chi connectivity index (χ1v) is 41.9. The van der Waals surface area contributed by atoms with Gasteiger partial charge in [0.25, 0.3) is 47.3 Å². The topological polar surface area (TPSA) is 330 Å². The smallest absolute Gasteiger partial charge is 0.257 e. The minimum atomic E-state index is -0.344. The Bertz CT molecular complexity index is 5970. The second kappa shape index (κ2) is 44.0. The van der Waals surface area contributed by atoms with Gasteiger partial charge in [0, 0.05) is 141 Å². The quantitative estimate of drug-likeness (QED) is 0.0251. The number of halogens is 4. The summed E-state index contributed by atoms with van der Waals surface area (Å²) < 4.78 is 0. The van der Waals surface area contributed by atoms with Gasteiger partial charge in [0.15, 0.2) is 0 Å². The highest BCUT2D eigenvalue weighted by molar-refractivity contribution is 6.32. The fraction of sp³-hybridized carbons (Fsp3) is 0.143. The minimum Gasteiger partial charge on any atom is -0.363 e. The summed E-state index contributed by atoms with van der Waals surface area (Å²) in [6, 6.07) is 82.6. The molecule has 11 N–H and O–H groups in total. The molecule has 0 aromatic heterocycles. The van der Waals surface area contributed by atoms with Gasteiger partial charge in [-0.25, -0.2) is 0 Å². The fourth-order valence-electron chi connectivity index (χ4n) is 13.5. The van der Waals surface area contributed by atoms with Crippen LogP contribution in [0.25, 0.3) is 0 Å². The molecule has 0 unspecified atom stereocenters. The Morgan fingerprint density at radius 2 is 0.540 bits per heavy atom. The van der Waals surface area contributed by atoms with Crippen LogP contribution in [0, 0.1) is 16.2 Å². The summed E-state index contributed by atoms with van der Waals surface area (Å²) in [6.45, 7) is 5.27. The van der Waals surface area contributed by atoms with Gasteiger partial charge in [-0.05, 0) is 226 Å². The summed E-state index contributed by atoms with van der Waals surface area (Å²) >= 11 is 23.6. The number of carbonyl (C=O) groups is 8. The van der Waals surface area contributed by atoms with Crippen LogP contribution in [0.15, 0.2) is 296 Å². The van der Waals surface area contributed by atoms with Gasteiger partial charge in [0.05, 0.1) is 51.5 Å². The van der Waals surface area contributed by atoms with Crippen LogP contribution in [0.2, 0.25) is 20.1 Å². The molecule has 3 aliphatic heterocycles. The van der Waals surface area contributed by atoms with Crippen molar-refractivity contribution in [2.45, 2.75) is 32.1 Å². The van der Waals surface area contributed by atoms with Crippen molar-refractivity contribution < 1.29 is 38.4 Å². The lowest BCUT2D eigenvalue weighted by molar-refractivity contribution is 0.101. The predicted molar refractivity (Wildman–Crippen MR) is 505 cm³/mol. The molecule has 2 saturated heterocycles. The van der Waals surface area contributed by atoms with Crippen LogP contribution >= 0.6 is 46.4 Å². The Kier molecular flexibility index (Phi) is 31.6. The van der Waals surface area contributed by atoms with Crippen LogP contribution in [0.3, 0.4) is 0 Å². The number of likely N-dealkylation sites (N-methyl/N-ethyl adjacent to an activating group) is 1. The number of nitrogens with one attached hydrogen (secondary N) is 11. The first-order chi connectivity index (χ1) is 60.9. The third kappa shape index (κ3) is 25.1. The normalized spacial score (nSPS) is 12.4. The second-order valence-corrected chi connectivity index (χ2v) is 31.2. The number of likely N-dealkylation sites (tertiary alicyclic amines) is 2. The van der Waals surface area contributed by atoms with Crippen molar-refractivity contribution in [2.24, 2.45) is 4.99 Å². The lowest BCUT2D eigenvalue weighted by Gasteiger charge is -2.29. The number of piperidine rings is 1. The molecule has 126 heavy (non-hydrogen) atoms. The summed E-state index contributed by atoms with van der Waals surface area (Å²) in [5.41, 5.74) is 10.6. The highest BCUT2D eigenvalue weighted by Crippen LogP contribution is 2.28. The van der Waals surface area contributed by atoms with E-state index in [1.807, 2.05) is 24.1 Å². The van der Waals surface area contributed by atoms with E-state index < -0.39 is 0 Å². The van der Waals surface area contributed by atoms with Crippen molar-refractivity contribution >= 4 is 163 Å². The van der Waals surface area contributed by atoms with E-state index in [0.29, 0.717) is 133 Å². The van der Waals surface area contributed by atoms with Crippen LogP contribution in [0.1, 0.15) is 137 Å². The molecule has 2 fully saturated rings. The zero-order valence-electron chi connectivity index (χ0n) is 69.0. The first kappa shape index (κ1) is 90.7. The number of rotatable bonds is 20. The molecule has 0 spiro atoms. The van der Waals surface area contributed by atoms with E-state index in [1.54, 1.807) is 298 Å². The first-order valence-electron chi connectivity index (χ1n) is 40.4. The van der Waals surface area contributed by atoms with E-state index in [9.17, 15) is 38.4 Å². The van der Waals surface area contributed by atoms with Crippen molar-refractivity contribution in [3.63, 3.8) is 0 Å². The summed E-state index contributed by atoms with van der Waals surface area (Å²) in [4.78, 5) is 114. The number of carbonyl (C=O) groups excluding carboxylic acids is 8. The van der Waals surface area contributed by atoms with Gasteiger partial charge in [0.1, 0.15) is 23.3 Å². The summed E-state index contributed by atoms with van der Waals surface area (Å²) in [6.07, 6.45) is 5.63. The molecule has 0 radical (unpaired) electrons. The Morgan fingerprint density at radius 1 is 0.294 bits per heavy atom. The molecule has 0 atom stereocenters. The standard InChI is InChI=1S/C26H25ClN4O2.C25H23ClN4O2.C24H21ClN4O2.C23H21ClN4O2/c27-20-12-14-21(15-13-20)29-26(33)22-6-2-3-7-23(22)30-25(32)19-10-8-18(9-11-19)24(28)31-16-4-1-5-17-31;26-19-11-13-20(14-12-19)28-25(32)21-5-1-2-6-22(21)29-24(31)18-9-7-17(8-10-18)23(27)30-15-3-4-16-30;1-29-15-14-26-22(29)16-6-8-17(9-7-16)23(30)28-21-5-3-2-4-20(21)24(31)27-19-12-10-18(25)11-13-19;1-28(2)21(25)15-7-9-16(10-8-15)22(29)27-20-6-4-3-5-19(20)23(30)26-18-13-11-17(24)12-14-18/h2-3,6-15,28H,1,4-5,16-17H2,(H,29,33)(H,30,32);1-2,5-14,27H,3-4,15-16H2,(H,28,32)(H,29,31);2-13H,14-15H2,1H3,(H,27,31)(H,28,30);3-14,25H,1-2H3,(H,26,30)(H,27,29). The molecule has 24 nitrogen and oxygen atoms in total. The third-order valence-corrected chi connectivity index (χ3v) is 21.4. The monoisotopic (exact) mass is 1760 g/mol. The SMILES string of the molecule is CN(C)C(=N)c1ccc(C(=O)Nc2ccccc2C(=O)Nc2ccc(Cl)cc2)cc1.CN1CCN=C1c1ccc(C(=O)Nc2ccccc2C(=O)Nc2ccc(Cl)cc2)cc1.N=C(c1ccc(C(=O)Nc2ccccc2C(=O)Nc2ccc(Cl)cc2)cc1)N1CCCC1.N=C(c1ccc(C(=O)Nc2ccccc2C(=O)Nc2ccc(Cl)cc2)cc1)N1CCCCC1. The van der Waals surface area contributed by atoms with Crippen molar-refractivity contribution in [2.75, 3.05) is 103 Å². The van der Waals surface area contributed by atoms with Crippen molar-refractivity contribution in [1.82, 2.24) is 19.6 Å². The van der Waals surface area contributed by atoms with Crippen LogP contribution < -0.4 is 42.5 Å². The Balaban J connectivity index is 0.000000153. The van der Waals surface area contributed by atoms with E-state index in [0.717, 1.165) is 87.5 Å². The van der Waals surface area contributed by atoms with Gasteiger partial charge in [-0.2, -0.15) is 0 Å². The molecule has 3 aliphatic rings. The Labute approximate surface area is 749 Å². The van der Waals surface area contributed by atoms with E-state index in [4.69, 9.17) is 62.6 Å². The largest absolute Gasteiger partial charge is 0.363 e. The molecular formula is C98H90Cl4N16O8. The summed E-state index contributed by atoms with van der Waals surface area (Å²) in [5.74, 6) is -0.361. The zero-order chi connectivity index (χ0) is 89.2. The van der Waals surface area contributed by atoms with E-state index in [1.165, 1.54) is 6.42 Å². The molecule has 15 rings (SSSR count). The molecule has 12 aromatic carbocycles. The molecular weight excluding hydrogens is 1670 g/mol. The Hall–Kier alpha value is -14.6. The number of amides is 8. The van der Waals surface area contributed by atoms with E-state index in [2.05, 4.69) is 57.3 Å². The predicted octanol–water partition coefficient (Wildman–Crippen LogP) is 20.2. The lowest BCUT2D eigenvalue weighted by atomic mass is 10.1. The van der Waals surface area contributed by atoms with Gasteiger partial charge < -0.3 is 62.1 Å².